The standard InChI is InChI=1S/C18H26O6/c1-6-11(2)17(20)22-15-9-10-16(19)21-14(15)8-7-13-12(3)23-18(4,5)24-13/h6,9-10,12-15H,7-8H2,1-5H3/b11-6+/t12-,13-,14-,15+/m0/s1. The highest BCUT2D eigenvalue weighted by molar-refractivity contribution is 5.88. The zero-order chi connectivity index (χ0) is 17.9. The van der Waals surface area contributed by atoms with Gasteiger partial charge in [0, 0.05) is 11.6 Å². The third-order valence-electron chi connectivity index (χ3n) is 4.22. The van der Waals surface area contributed by atoms with Crippen molar-refractivity contribution in [3.63, 3.8) is 0 Å². The smallest absolute Gasteiger partial charge is 0.334 e. The summed E-state index contributed by atoms with van der Waals surface area (Å²) in [4.78, 5) is 23.5. The van der Waals surface area contributed by atoms with E-state index in [0.717, 1.165) is 0 Å². The fourth-order valence-corrected chi connectivity index (χ4v) is 2.86. The van der Waals surface area contributed by atoms with E-state index < -0.39 is 29.9 Å². The molecule has 0 aliphatic carbocycles. The van der Waals surface area contributed by atoms with Crippen molar-refractivity contribution in [3.8, 4) is 0 Å². The Balaban J connectivity index is 1.97. The molecule has 4 atom stereocenters. The molecular weight excluding hydrogens is 312 g/mol. The molecule has 2 aliphatic rings. The van der Waals surface area contributed by atoms with Crippen LogP contribution in [0, 0.1) is 0 Å². The van der Waals surface area contributed by atoms with E-state index in [0.29, 0.717) is 18.4 Å². The Morgan fingerprint density at radius 3 is 2.54 bits per heavy atom. The van der Waals surface area contributed by atoms with Crippen LogP contribution in [-0.2, 0) is 28.5 Å². The van der Waals surface area contributed by atoms with E-state index in [2.05, 4.69) is 0 Å². The molecule has 0 unspecified atom stereocenters. The topological polar surface area (TPSA) is 71.1 Å². The maximum absolute atomic E-state index is 12.0. The molecule has 0 aromatic heterocycles. The van der Waals surface area contributed by atoms with Crippen molar-refractivity contribution >= 4 is 11.9 Å². The maximum atomic E-state index is 12.0. The number of carbonyl (C=O) groups excluding carboxylic acids is 2. The van der Waals surface area contributed by atoms with Gasteiger partial charge in [-0.15, -0.1) is 0 Å². The molecule has 6 heteroatoms. The Morgan fingerprint density at radius 1 is 1.29 bits per heavy atom. The molecule has 0 spiro atoms. The molecule has 0 N–H and O–H groups in total. The molecule has 1 fully saturated rings. The van der Waals surface area contributed by atoms with E-state index in [-0.39, 0.29) is 12.2 Å². The number of esters is 2. The lowest BCUT2D eigenvalue weighted by Crippen LogP contribution is -2.38. The summed E-state index contributed by atoms with van der Waals surface area (Å²) in [7, 11) is 0. The van der Waals surface area contributed by atoms with Crippen molar-refractivity contribution in [3.05, 3.63) is 23.8 Å². The van der Waals surface area contributed by atoms with E-state index >= 15 is 0 Å². The third-order valence-corrected chi connectivity index (χ3v) is 4.22. The molecule has 0 saturated carbocycles. The van der Waals surface area contributed by atoms with Gasteiger partial charge in [-0.05, 0) is 53.5 Å². The highest BCUT2D eigenvalue weighted by Gasteiger charge is 2.39. The number of carbonyl (C=O) groups is 2. The summed E-state index contributed by atoms with van der Waals surface area (Å²) < 4.78 is 22.4. The van der Waals surface area contributed by atoms with E-state index in [1.807, 2.05) is 20.8 Å². The molecule has 0 bridgehead atoms. The molecule has 6 nitrogen and oxygen atoms in total. The molecule has 1 saturated heterocycles. The Labute approximate surface area is 142 Å². The normalized spacial score (nSPS) is 32.5. The molecular formula is C18H26O6. The number of cyclic esters (lactones) is 1. The van der Waals surface area contributed by atoms with Crippen LogP contribution >= 0.6 is 0 Å². The molecule has 2 rings (SSSR count). The Hall–Kier alpha value is -1.66. The zero-order valence-corrected chi connectivity index (χ0v) is 14.9. The predicted octanol–water partition coefficient (Wildman–Crippen LogP) is 2.67. The van der Waals surface area contributed by atoms with Gasteiger partial charge in [0.1, 0.15) is 6.10 Å². The quantitative estimate of drug-likeness (QED) is 0.567. The van der Waals surface area contributed by atoms with E-state index in [1.54, 1.807) is 26.0 Å². The molecule has 24 heavy (non-hydrogen) atoms. The van der Waals surface area contributed by atoms with Crippen molar-refractivity contribution in [1.82, 2.24) is 0 Å². The summed E-state index contributed by atoms with van der Waals surface area (Å²) in [6, 6.07) is 0. The first-order chi connectivity index (χ1) is 11.2. The molecule has 0 aromatic carbocycles. The van der Waals surface area contributed by atoms with Crippen molar-refractivity contribution in [1.29, 1.82) is 0 Å². The summed E-state index contributed by atoms with van der Waals surface area (Å²) in [5.41, 5.74) is 0.516. The molecule has 0 amide bonds. The largest absolute Gasteiger partial charge is 0.455 e. The average molecular weight is 338 g/mol. The molecule has 134 valence electrons. The van der Waals surface area contributed by atoms with Crippen LogP contribution in [0.25, 0.3) is 0 Å². The SMILES string of the molecule is C/C=C(\C)C(=O)O[C@@H]1C=CC(=O)O[C@H]1CC[C@@H]1OC(C)(C)O[C@H]1C. The fraction of sp³-hybridized carbons (Fsp3) is 0.667. The van der Waals surface area contributed by atoms with Gasteiger partial charge < -0.3 is 18.9 Å². The average Bonchev–Trinajstić information content (AvgIpc) is 2.78. The molecule has 2 aliphatic heterocycles. The van der Waals surface area contributed by atoms with Crippen LogP contribution in [0.4, 0.5) is 0 Å². The van der Waals surface area contributed by atoms with Crippen molar-refractivity contribution in [2.24, 2.45) is 0 Å². The number of hydrogen-bond acceptors (Lipinski definition) is 6. The first-order valence-electron chi connectivity index (χ1n) is 8.30. The minimum atomic E-state index is -0.609. The summed E-state index contributed by atoms with van der Waals surface area (Å²) in [6.45, 7) is 9.16. The second kappa shape index (κ2) is 7.49. The van der Waals surface area contributed by atoms with Gasteiger partial charge in [-0.2, -0.15) is 0 Å². The van der Waals surface area contributed by atoms with Gasteiger partial charge in [-0.1, -0.05) is 6.08 Å². The number of hydrogen-bond donors (Lipinski definition) is 0. The van der Waals surface area contributed by atoms with Gasteiger partial charge in [-0.25, -0.2) is 9.59 Å². The van der Waals surface area contributed by atoms with Crippen molar-refractivity contribution in [2.75, 3.05) is 0 Å². The van der Waals surface area contributed by atoms with E-state index in [1.165, 1.54) is 6.08 Å². The maximum Gasteiger partial charge on any atom is 0.334 e. The predicted molar refractivity (Wildman–Crippen MR) is 87.1 cm³/mol. The lowest BCUT2D eigenvalue weighted by molar-refractivity contribution is -0.163. The minimum absolute atomic E-state index is 0.0406. The number of ether oxygens (including phenoxy) is 4. The lowest BCUT2D eigenvalue weighted by atomic mass is 10.0. The van der Waals surface area contributed by atoms with E-state index in [4.69, 9.17) is 18.9 Å². The van der Waals surface area contributed by atoms with Crippen LogP contribution in [0.3, 0.4) is 0 Å². The lowest BCUT2D eigenvalue weighted by Gasteiger charge is -2.28. The minimum Gasteiger partial charge on any atom is -0.455 e. The third kappa shape index (κ3) is 4.68. The Morgan fingerprint density at radius 2 is 1.96 bits per heavy atom. The van der Waals surface area contributed by atoms with Crippen LogP contribution in [0.2, 0.25) is 0 Å². The van der Waals surface area contributed by atoms with Crippen molar-refractivity contribution in [2.45, 2.75) is 77.7 Å². The monoisotopic (exact) mass is 338 g/mol. The van der Waals surface area contributed by atoms with Crippen LogP contribution in [0.5, 0.6) is 0 Å². The van der Waals surface area contributed by atoms with Gasteiger partial charge in [-0.3, -0.25) is 0 Å². The van der Waals surface area contributed by atoms with Gasteiger partial charge in [0.05, 0.1) is 12.2 Å². The first kappa shape index (κ1) is 18.7. The van der Waals surface area contributed by atoms with Gasteiger partial charge >= 0.3 is 11.9 Å². The summed E-state index contributed by atoms with van der Waals surface area (Å²) in [5, 5.41) is 0. The van der Waals surface area contributed by atoms with Crippen LogP contribution < -0.4 is 0 Å². The van der Waals surface area contributed by atoms with Gasteiger partial charge in [0.25, 0.3) is 0 Å². The van der Waals surface area contributed by atoms with Crippen LogP contribution in [0.15, 0.2) is 23.8 Å². The second-order valence-corrected chi connectivity index (χ2v) is 6.63. The highest BCUT2D eigenvalue weighted by atomic mass is 16.7. The second-order valence-electron chi connectivity index (χ2n) is 6.63. The Bertz CT molecular complexity index is 548. The summed E-state index contributed by atoms with van der Waals surface area (Å²) in [6.07, 6.45) is 4.50. The van der Waals surface area contributed by atoms with Crippen LogP contribution in [-0.4, -0.2) is 42.1 Å². The van der Waals surface area contributed by atoms with Crippen LogP contribution in [0.1, 0.15) is 47.5 Å². The van der Waals surface area contributed by atoms with Crippen molar-refractivity contribution < 1.29 is 28.5 Å². The molecule has 2 heterocycles. The zero-order valence-electron chi connectivity index (χ0n) is 14.9. The molecule has 0 radical (unpaired) electrons. The van der Waals surface area contributed by atoms with Gasteiger partial charge in [0.2, 0.25) is 0 Å². The molecule has 0 aromatic rings. The van der Waals surface area contributed by atoms with Gasteiger partial charge in [0.15, 0.2) is 11.9 Å². The highest BCUT2D eigenvalue weighted by Crippen LogP contribution is 2.31. The Kier molecular flexibility index (Phi) is 5.83. The first-order valence-corrected chi connectivity index (χ1v) is 8.30. The number of rotatable bonds is 5. The summed E-state index contributed by atoms with van der Waals surface area (Å²) in [5.74, 6) is -1.45. The van der Waals surface area contributed by atoms with E-state index in [9.17, 15) is 9.59 Å². The fourth-order valence-electron chi connectivity index (χ4n) is 2.86. The number of allylic oxidation sites excluding steroid dienone is 1. The summed E-state index contributed by atoms with van der Waals surface area (Å²) >= 11 is 0.